The molecule has 0 aliphatic heterocycles. The summed E-state index contributed by atoms with van der Waals surface area (Å²) in [5, 5.41) is 0. The summed E-state index contributed by atoms with van der Waals surface area (Å²) in [6.07, 6.45) is 0. The molecular formula is C9H13BrN2O2S. The van der Waals surface area contributed by atoms with Gasteiger partial charge < -0.3 is 0 Å². The Kier molecular flexibility index (Phi) is 3.75. The number of benzene rings is 1. The zero-order chi connectivity index (χ0) is 11.6. The molecule has 1 N–H and O–H groups in total. The lowest BCUT2D eigenvalue weighted by Crippen LogP contribution is -2.28. The molecular weight excluding hydrogens is 280 g/mol. The maximum atomic E-state index is 11.5. The van der Waals surface area contributed by atoms with E-state index in [1.54, 1.807) is 12.1 Å². The molecule has 0 radical (unpaired) electrons. The molecule has 0 saturated carbocycles. The zero-order valence-electron chi connectivity index (χ0n) is 8.78. The van der Waals surface area contributed by atoms with Crippen molar-refractivity contribution in [2.75, 3.05) is 18.8 Å². The fourth-order valence-corrected chi connectivity index (χ4v) is 2.24. The molecule has 0 heterocycles. The number of nitrogens with zero attached hydrogens (tertiary/aromatic N) is 1. The van der Waals surface area contributed by atoms with E-state index in [9.17, 15) is 8.42 Å². The van der Waals surface area contributed by atoms with Crippen molar-refractivity contribution in [3.05, 3.63) is 28.2 Å². The largest absolute Gasteiger partial charge is 0.301 e. The molecule has 84 valence electrons. The fourth-order valence-electron chi connectivity index (χ4n) is 1.04. The molecule has 1 aromatic rings. The van der Waals surface area contributed by atoms with Gasteiger partial charge in [0.1, 0.15) is 0 Å². The standard InChI is InChI=1S/C9H13BrN2O2S/c1-7-4-8(10)6-9(5-7)11-15(13,14)12(2)3/h4-6,11H,1-3H3. The van der Waals surface area contributed by atoms with E-state index < -0.39 is 10.2 Å². The smallest absolute Gasteiger partial charge is 0.271 e. The first-order chi connectivity index (χ1) is 6.81. The molecule has 0 saturated heterocycles. The van der Waals surface area contributed by atoms with Crippen LogP contribution >= 0.6 is 15.9 Å². The van der Waals surface area contributed by atoms with Gasteiger partial charge in [0.15, 0.2) is 0 Å². The zero-order valence-corrected chi connectivity index (χ0v) is 11.2. The summed E-state index contributed by atoms with van der Waals surface area (Å²) in [5.41, 5.74) is 1.54. The van der Waals surface area contributed by atoms with Gasteiger partial charge in [0.2, 0.25) is 0 Å². The van der Waals surface area contributed by atoms with Crippen molar-refractivity contribution in [1.29, 1.82) is 0 Å². The number of aryl methyl sites for hydroxylation is 1. The SMILES string of the molecule is Cc1cc(Br)cc(NS(=O)(=O)N(C)C)c1. The van der Waals surface area contributed by atoms with E-state index >= 15 is 0 Å². The third-order valence-electron chi connectivity index (χ3n) is 1.77. The summed E-state index contributed by atoms with van der Waals surface area (Å²) >= 11 is 3.31. The van der Waals surface area contributed by atoms with Gasteiger partial charge in [0.05, 0.1) is 5.69 Å². The van der Waals surface area contributed by atoms with Crippen molar-refractivity contribution in [3.8, 4) is 0 Å². The van der Waals surface area contributed by atoms with E-state index in [0.717, 1.165) is 14.3 Å². The van der Waals surface area contributed by atoms with Crippen LogP contribution in [0, 0.1) is 6.92 Å². The molecule has 0 amide bonds. The van der Waals surface area contributed by atoms with Crippen LogP contribution < -0.4 is 4.72 Å². The minimum absolute atomic E-state index is 0.551. The predicted molar refractivity (Wildman–Crippen MR) is 65.1 cm³/mol. The molecule has 15 heavy (non-hydrogen) atoms. The van der Waals surface area contributed by atoms with Gasteiger partial charge in [-0.1, -0.05) is 15.9 Å². The molecule has 4 nitrogen and oxygen atoms in total. The van der Waals surface area contributed by atoms with Crippen LogP contribution in [0.4, 0.5) is 5.69 Å². The van der Waals surface area contributed by atoms with Gasteiger partial charge in [-0.2, -0.15) is 12.7 Å². The Morgan fingerprint density at radius 2 is 1.87 bits per heavy atom. The van der Waals surface area contributed by atoms with E-state index in [1.807, 2.05) is 13.0 Å². The molecule has 0 fully saturated rings. The van der Waals surface area contributed by atoms with Gasteiger partial charge in [-0.25, -0.2) is 0 Å². The first-order valence-electron chi connectivity index (χ1n) is 4.29. The average Bonchev–Trinajstić information content (AvgIpc) is 1.99. The molecule has 0 aliphatic carbocycles. The van der Waals surface area contributed by atoms with Gasteiger partial charge in [0, 0.05) is 18.6 Å². The van der Waals surface area contributed by atoms with E-state index in [2.05, 4.69) is 20.7 Å². The first kappa shape index (κ1) is 12.5. The maximum absolute atomic E-state index is 11.5. The van der Waals surface area contributed by atoms with E-state index in [1.165, 1.54) is 14.1 Å². The normalized spacial score (nSPS) is 11.8. The predicted octanol–water partition coefficient (Wildman–Crippen LogP) is 1.98. The Morgan fingerprint density at radius 1 is 1.27 bits per heavy atom. The Bertz CT molecular complexity index is 437. The highest BCUT2D eigenvalue weighted by molar-refractivity contribution is 9.10. The molecule has 0 unspecified atom stereocenters. The quantitative estimate of drug-likeness (QED) is 0.926. The highest BCUT2D eigenvalue weighted by atomic mass is 79.9. The third kappa shape index (κ3) is 3.48. The second-order valence-electron chi connectivity index (χ2n) is 3.41. The number of anilines is 1. The van der Waals surface area contributed by atoms with Gasteiger partial charge in [0.25, 0.3) is 0 Å². The second kappa shape index (κ2) is 4.51. The van der Waals surface area contributed by atoms with Crippen LogP contribution in [0.15, 0.2) is 22.7 Å². The summed E-state index contributed by atoms with van der Waals surface area (Å²) in [4.78, 5) is 0. The number of halogens is 1. The first-order valence-corrected chi connectivity index (χ1v) is 6.52. The van der Waals surface area contributed by atoms with Crippen molar-refractivity contribution in [2.24, 2.45) is 0 Å². The Morgan fingerprint density at radius 3 is 2.33 bits per heavy atom. The molecule has 0 aliphatic rings. The van der Waals surface area contributed by atoms with Crippen LogP contribution in [0.5, 0.6) is 0 Å². The molecule has 0 bridgehead atoms. The lowest BCUT2D eigenvalue weighted by atomic mass is 10.2. The topological polar surface area (TPSA) is 49.4 Å². The monoisotopic (exact) mass is 292 g/mol. The summed E-state index contributed by atoms with van der Waals surface area (Å²) in [6, 6.07) is 5.40. The molecule has 1 aromatic carbocycles. The Labute approximate surface area is 98.6 Å². The van der Waals surface area contributed by atoms with Crippen LogP contribution in [0.3, 0.4) is 0 Å². The van der Waals surface area contributed by atoms with E-state index in [-0.39, 0.29) is 0 Å². The Hall–Kier alpha value is -0.590. The van der Waals surface area contributed by atoms with Crippen LogP contribution in [-0.2, 0) is 10.2 Å². The van der Waals surface area contributed by atoms with E-state index in [4.69, 9.17) is 0 Å². The average molecular weight is 293 g/mol. The van der Waals surface area contributed by atoms with Crippen molar-refractivity contribution < 1.29 is 8.42 Å². The van der Waals surface area contributed by atoms with Gasteiger partial charge >= 0.3 is 10.2 Å². The van der Waals surface area contributed by atoms with Crippen molar-refractivity contribution in [1.82, 2.24) is 4.31 Å². The highest BCUT2D eigenvalue weighted by Crippen LogP contribution is 2.20. The number of nitrogens with one attached hydrogen (secondary N) is 1. The highest BCUT2D eigenvalue weighted by Gasteiger charge is 2.12. The fraction of sp³-hybridized carbons (Fsp3) is 0.333. The van der Waals surface area contributed by atoms with Crippen LogP contribution in [-0.4, -0.2) is 26.8 Å². The van der Waals surface area contributed by atoms with Crippen LogP contribution in [0.2, 0.25) is 0 Å². The van der Waals surface area contributed by atoms with Gasteiger partial charge in [-0.3, -0.25) is 4.72 Å². The van der Waals surface area contributed by atoms with Crippen molar-refractivity contribution in [3.63, 3.8) is 0 Å². The summed E-state index contributed by atoms with van der Waals surface area (Å²) in [5.74, 6) is 0. The van der Waals surface area contributed by atoms with Crippen LogP contribution in [0.1, 0.15) is 5.56 Å². The lowest BCUT2D eigenvalue weighted by molar-refractivity contribution is 0.527. The summed E-state index contributed by atoms with van der Waals surface area (Å²) in [7, 11) is -0.464. The molecule has 6 heteroatoms. The number of rotatable bonds is 3. The van der Waals surface area contributed by atoms with E-state index in [0.29, 0.717) is 5.69 Å². The minimum atomic E-state index is -3.42. The summed E-state index contributed by atoms with van der Waals surface area (Å²) in [6.45, 7) is 1.90. The van der Waals surface area contributed by atoms with Crippen molar-refractivity contribution in [2.45, 2.75) is 6.92 Å². The number of hydrogen-bond acceptors (Lipinski definition) is 2. The Balaban J connectivity index is 3.00. The second-order valence-corrected chi connectivity index (χ2v) is 6.21. The lowest BCUT2D eigenvalue weighted by Gasteiger charge is -2.13. The molecule has 1 rings (SSSR count). The number of hydrogen-bond donors (Lipinski definition) is 1. The maximum Gasteiger partial charge on any atom is 0.301 e. The minimum Gasteiger partial charge on any atom is -0.271 e. The molecule has 0 atom stereocenters. The van der Waals surface area contributed by atoms with Crippen molar-refractivity contribution >= 4 is 31.8 Å². The molecule has 0 aromatic heterocycles. The molecule has 0 spiro atoms. The van der Waals surface area contributed by atoms with Gasteiger partial charge in [-0.15, -0.1) is 0 Å². The van der Waals surface area contributed by atoms with Crippen LogP contribution in [0.25, 0.3) is 0 Å². The third-order valence-corrected chi connectivity index (χ3v) is 3.68. The van der Waals surface area contributed by atoms with Gasteiger partial charge in [-0.05, 0) is 30.7 Å². The summed E-state index contributed by atoms with van der Waals surface area (Å²) < 4.78 is 27.5.